The van der Waals surface area contributed by atoms with Crippen molar-refractivity contribution in [2.45, 2.75) is 13.5 Å². The molecule has 0 bridgehead atoms. The number of benzene rings is 2. The van der Waals surface area contributed by atoms with Gasteiger partial charge >= 0.3 is 0 Å². The third-order valence-corrected chi connectivity index (χ3v) is 2.43. The summed E-state index contributed by atoms with van der Waals surface area (Å²) in [5.41, 5.74) is 2.25. The molecule has 3 nitrogen and oxygen atoms in total. The molecule has 0 aliphatic carbocycles. The molecular formula is C14H14O3. The molecule has 0 aromatic heterocycles. The molecular weight excluding hydrogens is 216 g/mol. The number of hydrogen-bond donors (Lipinski definition) is 2. The Hall–Kier alpha value is -2.16. The lowest BCUT2D eigenvalue weighted by atomic mass is 10.1. The Morgan fingerprint density at radius 3 is 2.53 bits per heavy atom. The predicted molar refractivity (Wildman–Crippen MR) is 65.3 cm³/mol. The normalized spacial score (nSPS) is 10.2. The lowest BCUT2D eigenvalue weighted by Crippen LogP contribution is -1.95. The first kappa shape index (κ1) is 11.3. The maximum absolute atomic E-state index is 9.31. The number of hydrogen-bond acceptors (Lipinski definition) is 3. The minimum absolute atomic E-state index is 0.145. The average Bonchev–Trinajstić information content (AvgIpc) is 2.31. The summed E-state index contributed by atoms with van der Waals surface area (Å²) >= 11 is 0. The van der Waals surface area contributed by atoms with E-state index in [2.05, 4.69) is 0 Å². The SMILES string of the molecule is Cc1cccc(COc2ccc(O)c(O)c2)c1. The summed E-state index contributed by atoms with van der Waals surface area (Å²) in [5, 5.41) is 18.5. The van der Waals surface area contributed by atoms with Crippen molar-refractivity contribution in [3.8, 4) is 17.2 Å². The molecule has 2 rings (SSSR count). The van der Waals surface area contributed by atoms with E-state index >= 15 is 0 Å². The van der Waals surface area contributed by atoms with Gasteiger partial charge in [0.2, 0.25) is 0 Å². The van der Waals surface area contributed by atoms with E-state index < -0.39 is 0 Å². The van der Waals surface area contributed by atoms with Crippen LogP contribution in [-0.2, 0) is 6.61 Å². The fourth-order valence-electron chi connectivity index (χ4n) is 1.56. The second-order valence-corrected chi connectivity index (χ2v) is 3.93. The van der Waals surface area contributed by atoms with Gasteiger partial charge in [-0.15, -0.1) is 0 Å². The van der Waals surface area contributed by atoms with Crippen molar-refractivity contribution in [2.75, 3.05) is 0 Å². The highest BCUT2D eigenvalue weighted by Crippen LogP contribution is 2.28. The van der Waals surface area contributed by atoms with Crippen LogP contribution in [0.1, 0.15) is 11.1 Å². The molecule has 0 amide bonds. The molecule has 0 heterocycles. The van der Waals surface area contributed by atoms with Crippen molar-refractivity contribution in [2.24, 2.45) is 0 Å². The van der Waals surface area contributed by atoms with Gasteiger partial charge < -0.3 is 14.9 Å². The lowest BCUT2D eigenvalue weighted by Gasteiger charge is -2.07. The van der Waals surface area contributed by atoms with E-state index in [9.17, 15) is 5.11 Å². The number of ether oxygens (including phenoxy) is 1. The van der Waals surface area contributed by atoms with E-state index in [4.69, 9.17) is 9.84 Å². The van der Waals surface area contributed by atoms with Crippen molar-refractivity contribution in [3.63, 3.8) is 0 Å². The summed E-state index contributed by atoms with van der Waals surface area (Å²) in [4.78, 5) is 0. The number of phenols is 2. The molecule has 0 unspecified atom stereocenters. The van der Waals surface area contributed by atoms with Gasteiger partial charge in [0.25, 0.3) is 0 Å². The summed E-state index contributed by atoms with van der Waals surface area (Å²) in [6, 6.07) is 12.4. The van der Waals surface area contributed by atoms with Crippen LogP contribution < -0.4 is 4.74 Å². The Morgan fingerprint density at radius 1 is 1.00 bits per heavy atom. The van der Waals surface area contributed by atoms with Gasteiger partial charge in [-0.05, 0) is 24.6 Å². The van der Waals surface area contributed by atoms with Crippen LogP contribution in [0, 0.1) is 6.92 Å². The zero-order chi connectivity index (χ0) is 12.3. The van der Waals surface area contributed by atoms with Crippen LogP contribution in [0.4, 0.5) is 0 Å². The summed E-state index contributed by atoms with van der Waals surface area (Å²) in [5.74, 6) is 0.210. The van der Waals surface area contributed by atoms with Crippen molar-refractivity contribution < 1.29 is 14.9 Å². The number of phenolic OH excluding ortho intramolecular Hbond substituents is 2. The minimum Gasteiger partial charge on any atom is -0.504 e. The zero-order valence-corrected chi connectivity index (χ0v) is 9.55. The molecule has 0 atom stereocenters. The van der Waals surface area contributed by atoms with Gasteiger partial charge in [-0.1, -0.05) is 29.8 Å². The topological polar surface area (TPSA) is 49.7 Å². The summed E-state index contributed by atoms with van der Waals surface area (Å²) in [6.45, 7) is 2.46. The third kappa shape index (κ3) is 2.91. The number of rotatable bonds is 3. The van der Waals surface area contributed by atoms with Gasteiger partial charge in [-0.25, -0.2) is 0 Å². The smallest absolute Gasteiger partial charge is 0.161 e. The van der Waals surface area contributed by atoms with Crippen LogP contribution in [0.2, 0.25) is 0 Å². The highest BCUT2D eigenvalue weighted by molar-refractivity contribution is 5.43. The molecule has 2 aromatic rings. The van der Waals surface area contributed by atoms with Crippen LogP contribution in [-0.4, -0.2) is 10.2 Å². The highest BCUT2D eigenvalue weighted by Gasteiger charge is 2.01. The summed E-state index contributed by atoms with van der Waals surface area (Å²) in [6.07, 6.45) is 0. The van der Waals surface area contributed by atoms with E-state index in [1.165, 1.54) is 17.7 Å². The molecule has 2 N–H and O–H groups in total. The van der Waals surface area contributed by atoms with Gasteiger partial charge in [0.1, 0.15) is 12.4 Å². The molecule has 0 aliphatic heterocycles. The summed E-state index contributed by atoms with van der Waals surface area (Å²) < 4.78 is 5.51. The first-order valence-corrected chi connectivity index (χ1v) is 5.35. The number of aromatic hydroxyl groups is 2. The van der Waals surface area contributed by atoms with Gasteiger partial charge in [-0.2, -0.15) is 0 Å². The maximum Gasteiger partial charge on any atom is 0.161 e. The highest BCUT2D eigenvalue weighted by atomic mass is 16.5. The van der Waals surface area contributed by atoms with E-state index in [1.807, 2.05) is 31.2 Å². The molecule has 88 valence electrons. The first-order chi connectivity index (χ1) is 8.15. The van der Waals surface area contributed by atoms with E-state index in [1.54, 1.807) is 6.07 Å². The quantitative estimate of drug-likeness (QED) is 0.797. The van der Waals surface area contributed by atoms with Crippen molar-refractivity contribution in [3.05, 3.63) is 53.6 Å². The molecule has 3 heteroatoms. The predicted octanol–water partition coefficient (Wildman–Crippen LogP) is 2.99. The lowest BCUT2D eigenvalue weighted by molar-refractivity contribution is 0.302. The monoisotopic (exact) mass is 230 g/mol. The molecule has 0 fully saturated rings. The maximum atomic E-state index is 9.31. The second-order valence-electron chi connectivity index (χ2n) is 3.93. The van der Waals surface area contributed by atoms with E-state index in [0.717, 1.165) is 5.56 Å². The molecule has 0 radical (unpaired) electrons. The molecule has 0 spiro atoms. The fraction of sp³-hybridized carbons (Fsp3) is 0.143. The molecule has 0 saturated heterocycles. The van der Waals surface area contributed by atoms with Crippen LogP contribution in [0.15, 0.2) is 42.5 Å². The van der Waals surface area contributed by atoms with Gasteiger partial charge in [0, 0.05) is 6.07 Å². The number of aryl methyl sites for hydroxylation is 1. The third-order valence-electron chi connectivity index (χ3n) is 2.43. The van der Waals surface area contributed by atoms with Crippen molar-refractivity contribution in [1.82, 2.24) is 0 Å². The largest absolute Gasteiger partial charge is 0.504 e. The Kier molecular flexibility index (Phi) is 3.19. The van der Waals surface area contributed by atoms with Crippen LogP contribution in [0.3, 0.4) is 0 Å². The Morgan fingerprint density at radius 2 is 1.82 bits per heavy atom. The Bertz CT molecular complexity index is 521. The Balaban J connectivity index is 2.05. The zero-order valence-electron chi connectivity index (χ0n) is 9.55. The first-order valence-electron chi connectivity index (χ1n) is 5.35. The minimum atomic E-state index is -0.174. The molecule has 0 saturated carbocycles. The van der Waals surface area contributed by atoms with Crippen LogP contribution >= 0.6 is 0 Å². The van der Waals surface area contributed by atoms with Gasteiger partial charge in [0.05, 0.1) is 0 Å². The van der Waals surface area contributed by atoms with Crippen LogP contribution in [0.5, 0.6) is 17.2 Å². The average molecular weight is 230 g/mol. The second kappa shape index (κ2) is 4.78. The van der Waals surface area contributed by atoms with Gasteiger partial charge in [-0.3, -0.25) is 0 Å². The molecule has 17 heavy (non-hydrogen) atoms. The van der Waals surface area contributed by atoms with Crippen LogP contribution in [0.25, 0.3) is 0 Å². The molecule has 0 aliphatic rings. The molecule has 2 aromatic carbocycles. The van der Waals surface area contributed by atoms with Crippen molar-refractivity contribution >= 4 is 0 Å². The van der Waals surface area contributed by atoms with E-state index in [-0.39, 0.29) is 11.5 Å². The van der Waals surface area contributed by atoms with Crippen molar-refractivity contribution in [1.29, 1.82) is 0 Å². The van der Waals surface area contributed by atoms with Gasteiger partial charge in [0.15, 0.2) is 11.5 Å². The van der Waals surface area contributed by atoms with E-state index in [0.29, 0.717) is 12.4 Å². The summed E-state index contributed by atoms with van der Waals surface area (Å²) in [7, 11) is 0. The standard InChI is InChI=1S/C14H14O3/c1-10-3-2-4-11(7-10)9-17-12-5-6-13(15)14(16)8-12/h2-8,15-16H,9H2,1H3. The Labute approximate surface area is 99.9 Å². The fourth-order valence-corrected chi connectivity index (χ4v) is 1.56.